The van der Waals surface area contributed by atoms with E-state index in [2.05, 4.69) is 10.6 Å². The van der Waals surface area contributed by atoms with Crippen LogP contribution in [0.3, 0.4) is 0 Å². The zero-order valence-electron chi connectivity index (χ0n) is 19.5. The molecule has 1 aliphatic rings. The van der Waals surface area contributed by atoms with Crippen LogP contribution < -0.4 is 10.6 Å². The second-order valence-electron chi connectivity index (χ2n) is 8.68. The number of hydrogen-bond acceptors (Lipinski definition) is 4. The molecule has 0 radical (unpaired) electrons. The lowest BCUT2D eigenvalue weighted by Gasteiger charge is -2.27. The van der Waals surface area contributed by atoms with E-state index in [0.29, 0.717) is 5.56 Å². The van der Waals surface area contributed by atoms with Crippen molar-refractivity contribution in [3.05, 3.63) is 130 Å². The second kappa shape index (κ2) is 10.2. The van der Waals surface area contributed by atoms with Crippen LogP contribution in [0.2, 0.25) is 0 Å². The molecule has 1 saturated heterocycles. The van der Waals surface area contributed by atoms with Crippen LogP contribution in [0.4, 0.5) is 4.79 Å². The maximum Gasteiger partial charge on any atom is 0.325 e. The van der Waals surface area contributed by atoms with Crippen molar-refractivity contribution >= 4 is 29.2 Å². The van der Waals surface area contributed by atoms with Gasteiger partial charge >= 0.3 is 6.03 Å². The summed E-state index contributed by atoms with van der Waals surface area (Å²) in [6, 6.07) is 31.3. The molecule has 180 valence electrons. The fourth-order valence-corrected chi connectivity index (χ4v) is 5.38. The van der Waals surface area contributed by atoms with Crippen LogP contribution in [-0.2, 0) is 21.5 Å². The number of imide groups is 1. The molecule has 7 heteroatoms. The lowest BCUT2D eigenvalue weighted by atomic mass is 9.83. The highest BCUT2D eigenvalue weighted by atomic mass is 32.1. The average molecular weight is 496 g/mol. The summed E-state index contributed by atoms with van der Waals surface area (Å²) < 4.78 is 0. The molecule has 0 spiro atoms. The Morgan fingerprint density at radius 1 is 0.861 bits per heavy atom. The SMILES string of the molecule is O=C(CN1C(=O)NC(Cc2ccccc2)(c2ccccc2)C1=O)NC(c1ccccc1)c1cccs1. The fourth-order valence-electron chi connectivity index (χ4n) is 4.58. The van der Waals surface area contributed by atoms with E-state index in [1.165, 1.54) is 11.3 Å². The minimum Gasteiger partial charge on any atom is -0.343 e. The number of carbonyl (C=O) groups is 3. The summed E-state index contributed by atoms with van der Waals surface area (Å²) in [5, 5.41) is 7.88. The molecule has 1 aliphatic heterocycles. The number of urea groups is 1. The second-order valence-corrected chi connectivity index (χ2v) is 9.66. The standard InChI is InChI=1S/C29H25N3O3S/c33-25(30-26(24-17-10-18-36-24)22-13-6-2-7-14-22)20-32-27(34)29(31-28(32)35,23-15-8-3-9-16-23)19-21-11-4-1-5-12-21/h1-18,26H,19-20H2,(H,30,33)(H,31,35). The van der Waals surface area contributed by atoms with E-state index in [1.807, 2.05) is 109 Å². The highest BCUT2D eigenvalue weighted by Gasteiger charge is 2.52. The number of hydrogen-bond donors (Lipinski definition) is 2. The molecule has 0 bridgehead atoms. The van der Waals surface area contributed by atoms with Gasteiger partial charge in [-0.2, -0.15) is 0 Å². The molecule has 0 aliphatic carbocycles. The van der Waals surface area contributed by atoms with Gasteiger partial charge in [-0.15, -0.1) is 11.3 Å². The summed E-state index contributed by atoms with van der Waals surface area (Å²) in [6.45, 7) is -0.372. The number of carbonyl (C=O) groups excluding carboxylic acids is 3. The third kappa shape index (κ3) is 4.65. The first-order chi connectivity index (χ1) is 17.6. The normalized spacial score (nSPS) is 18.1. The van der Waals surface area contributed by atoms with Crippen LogP contribution in [0, 0.1) is 0 Å². The van der Waals surface area contributed by atoms with Crippen molar-refractivity contribution in [2.24, 2.45) is 0 Å². The first-order valence-corrected chi connectivity index (χ1v) is 12.6. The molecule has 4 aromatic rings. The fraction of sp³-hybridized carbons (Fsp3) is 0.138. The molecular formula is C29H25N3O3S. The van der Waals surface area contributed by atoms with Crippen LogP contribution in [0.15, 0.2) is 109 Å². The summed E-state index contributed by atoms with van der Waals surface area (Å²) >= 11 is 1.54. The Bertz CT molecular complexity index is 1340. The molecule has 2 N–H and O–H groups in total. The van der Waals surface area contributed by atoms with Gasteiger partial charge in [0.25, 0.3) is 5.91 Å². The average Bonchev–Trinajstić information content (AvgIpc) is 3.53. The van der Waals surface area contributed by atoms with Gasteiger partial charge in [-0.1, -0.05) is 97.1 Å². The van der Waals surface area contributed by atoms with Gasteiger partial charge in [-0.05, 0) is 28.1 Å². The lowest BCUT2D eigenvalue weighted by Crippen LogP contribution is -2.47. The van der Waals surface area contributed by atoms with Crippen LogP contribution in [0.25, 0.3) is 0 Å². The Labute approximate surface area is 213 Å². The molecule has 5 rings (SSSR count). The molecule has 2 unspecified atom stereocenters. The molecule has 2 heterocycles. The van der Waals surface area contributed by atoms with Crippen molar-refractivity contribution in [1.29, 1.82) is 0 Å². The van der Waals surface area contributed by atoms with Gasteiger partial charge in [-0.3, -0.25) is 14.5 Å². The molecule has 1 fully saturated rings. The zero-order valence-corrected chi connectivity index (χ0v) is 20.3. The molecule has 36 heavy (non-hydrogen) atoms. The van der Waals surface area contributed by atoms with Gasteiger partial charge < -0.3 is 10.6 Å². The Hall–Kier alpha value is -4.23. The molecule has 2 atom stereocenters. The number of amides is 4. The molecular weight excluding hydrogens is 470 g/mol. The number of benzene rings is 3. The molecule has 3 aromatic carbocycles. The Morgan fingerprint density at radius 3 is 2.14 bits per heavy atom. The van der Waals surface area contributed by atoms with Gasteiger partial charge in [0.2, 0.25) is 5.91 Å². The van der Waals surface area contributed by atoms with Gasteiger partial charge in [0.15, 0.2) is 5.54 Å². The third-order valence-corrected chi connectivity index (χ3v) is 7.26. The van der Waals surface area contributed by atoms with E-state index in [-0.39, 0.29) is 19.0 Å². The minimum absolute atomic E-state index is 0.280. The molecule has 1 aromatic heterocycles. The van der Waals surface area contributed by atoms with Crippen molar-refractivity contribution in [2.75, 3.05) is 6.54 Å². The maximum atomic E-state index is 13.8. The predicted octanol–water partition coefficient (Wildman–Crippen LogP) is 4.64. The van der Waals surface area contributed by atoms with Crippen molar-refractivity contribution in [1.82, 2.24) is 15.5 Å². The van der Waals surface area contributed by atoms with Crippen molar-refractivity contribution in [3.63, 3.8) is 0 Å². The van der Waals surface area contributed by atoms with Crippen LogP contribution >= 0.6 is 11.3 Å². The highest BCUT2D eigenvalue weighted by molar-refractivity contribution is 7.10. The largest absolute Gasteiger partial charge is 0.343 e. The first-order valence-electron chi connectivity index (χ1n) is 11.7. The van der Waals surface area contributed by atoms with Gasteiger partial charge in [0.05, 0.1) is 6.04 Å². The maximum absolute atomic E-state index is 13.8. The van der Waals surface area contributed by atoms with E-state index < -0.39 is 23.4 Å². The number of nitrogens with one attached hydrogen (secondary N) is 2. The molecule has 6 nitrogen and oxygen atoms in total. The lowest BCUT2D eigenvalue weighted by molar-refractivity contribution is -0.135. The summed E-state index contributed by atoms with van der Waals surface area (Å²) in [6.07, 6.45) is 0.280. The minimum atomic E-state index is -1.29. The van der Waals surface area contributed by atoms with Crippen molar-refractivity contribution < 1.29 is 14.4 Å². The monoisotopic (exact) mass is 495 g/mol. The van der Waals surface area contributed by atoms with Gasteiger partial charge in [0, 0.05) is 11.3 Å². The van der Waals surface area contributed by atoms with Crippen LogP contribution in [0.1, 0.15) is 27.6 Å². The third-order valence-electron chi connectivity index (χ3n) is 6.32. The van der Waals surface area contributed by atoms with E-state index in [4.69, 9.17) is 0 Å². The highest BCUT2D eigenvalue weighted by Crippen LogP contribution is 2.33. The Balaban J connectivity index is 1.40. The Morgan fingerprint density at radius 2 is 1.50 bits per heavy atom. The summed E-state index contributed by atoms with van der Waals surface area (Å²) in [7, 11) is 0. The van der Waals surface area contributed by atoms with E-state index in [1.54, 1.807) is 0 Å². The van der Waals surface area contributed by atoms with Gasteiger partial charge in [-0.25, -0.2) is 4.79 Å². The van der Waals surface area contributed by atoms with Crippen molar-refractivity contribution in [2.45, 2.75) is 18.0 Å². The number of rotatable bonds is 8. The van der Waals surface area contributed by atoms with Crippen molar-refractivity contribution in [3.8, 4) is 0 Å². The number of nitrogens with zero attached hydrogens (tertiary/aromatic N) is 1. The molecule has 4 amide bonds. The predicted molar refractivity (Wildman–Crippen MR) is 139 cm³/mol. The number of thiophene rings is 1. The summed E-state index contributed by atoms with van der Waals surface area (Å²) in [5.74, 6) is -0.852. The first kappa shape index (κ1) is 23.5. The molecule has 0 saturated carbocycles. The van der Waals surface area contributed by atoms with Gasteiger partial charge in [0.1, 0.15) is 6.54 Å². The smallest absolute Gasteiger partial charge is 0.325 e. The topological polar surface area (TPSA) is 78.5 Å². The summed E-state index contributed by atoms with van der Waals surface area (Å²) in [5.41, 5.74) is 1.22. The Kier molecular flexibility index (Phi) is 6.64. The van der Waals surface area contributed by atoms with Crippen LogP contribution in [0.5, 0.6) is 0 Å². The summed E-state index contributed by atoms with van der Waals surface area (Å²) in [4.78, 5) is 42.1. The van der Waals surface area contributed by atoms with E-state index in [9.17, 15) is 14.4 Å². The van der Waals surface area contributed by atoms with E-state index in [0.717, 1.165) is 20.9 Å². The zero-order chi connectivity index (χ0) is 25.0. The van der Waals surface area contributed by atoms with Crippen LogP contribution in [-0.4, -0.2) is 29.3 Å². The quantitative estimate of drug-likeness (QED) is 0.350. The van der Waals surface area contributed by atoms with E-state index >= 15 is 0 Å².